The Morgan fingerprint density at radius 2 is 1.54 bits per heavy atom. The minimum Gasteiger partial charge on any atom is -0.405 e. The van der Waals surface area contributed by atoms with E-state index in [4.69, 9.17) is 27.0 Å². The van der Waals surface area contributed by atoms with Crippen molar-refractivity contribution in [3.05, 3.63) is 59.1 Å². The highest BCUT2D eigenvalue weighted by Crippen LogP contribution is 2.07. The molecule has 7 heteroatoms. The summed E-state index contributed by atoms with van der Waals surface area (Å²) in [6, 6.07) is 7.33. The number of aryl methyl sites for hydroxylation is 2. The van der Waals surface area contributed by atoms with Crippen LogP contribution in [0.4, 0.5) is 11.6 Å². The number of aliphatic hydroxyl groups is 1. The van der Waals surface area contributed by atoms with Gasteiger partial charge >= 0.3 is 0 Å². The van der Waals surface area contributed by atoms with Crippen molar-refractivity contribution in [1.29, 1.82) is 0 Å². The lowest BCUT2D eigenvalue weighted by atomic mass is 10.2. The number of nitrogens with two attached hydrogens (primary N) is 3. The number of hydrogen-bond acceptors (Lipinski definition) is 7. The summed E-state index contributed by atoms with van der Waals surface area (Å²) in [7, 11) is 0. The predicted molar refractivity (Wildman–Crippen MR) is 95.7 cm³/mol. The molecule has 130 valence electrons. The van der Waals surface area contributed by atoms with Crippen LogP contribution in [0.5, 0.6) is 0 Å². The number of anilines is 2. The standard InChI is InChI=1S/C10H15N3O.C7H10N2O/c1-8-5-9(13-10(12)6-8)7-14-4-2-3-11;1-5-2-6(4-10)9-7(8)3-5/h2-3,5-6H,4,7,11H2,1H3,(H2,12,13);2-3,10H,4H2,1H3,(H2,8,9)/b3-2-;. The Hall–Kier alpha value is -2.64. The van der Waals surface area contributed by atoms with Crippen LogP contribution in [-0.4, -0.2) is 21.7 Å². The molecular weight excluding hydrogens is 306 g/mol. The molecule has 0 saturated heterocycles. The SMILES string of the molecule is Cc1cc(N)nc(CO)c1.Cc1cc(N)nc(COC/C=C\N)c1. The van der Waals surface area contributed by atoms with Gasteiger partial charge in [0.15, 0.2) is 0 Å². The number of ether oxygens (including phenoxy) is 1. The maximum absolute atomic E-state index is 8.67. The van der Waals surface area contributed by atoms with Crippen LogP contribution < -0.4 is 17.2 Å². The summed E-state index contributed by atoms with van der Waals surface area (Å²) in [5.74, 6) is 0.988. The van der Waals surface area contributed by atoms with Gasteiger partial charge in [-0.05, 0) is 61.5 Å². The molecule has 0 spiro atoms. The van der Waals surface area contributed by atoms with E-state index in [1.165, 1.54) is 6.20 Å². The van der Waals surface area contributed by atoms with Crippen LogP contribution in [0.1, 0.15) is 22.5 Å². The van der Waals surface area contributed by atoms with E-state index < -0.39 is 0 Å². The highest BCUT2D eigenvalue weighted by atomic mass is 16.5. The summed E-state index contributed by atoms with van der Waals surface area (Å²) < 4.78 is 5.29. The van der Waals surface area contributed by atoms with Crippen molar-refractivity contribution in [2.24, 2.45) is 5.73 Å². The zero-order valence-electron chi connectivity index (χ0n) is 14.1. The van der Waals surface area contributed by atoms with E-state index in [9.17, 15) is 0 Å². The minimum absolute atomic E-state index is 0.0497. The first-order valence-electron chi connectivity index (χ1n) is 7.46. The third-order valence-electron chi connectivity index (χ3n) is 2.85. The molecule has 0 unspecified atom stereocenters. The number of aliphatic hydroxyl groups excluding tert-OH is 1. The number of pyridine rings is 2. The van der Waals surface area contributed by atoms with Gasteiger partial charge in [0.1, 0.15) is 11.6 Å². The molecular formula is C17H25N5O2. The Morgan fingerprint density at radius 3 is 2.04 bits per heavy atom. The van der Waals surface area contributed by atoms with Gasteiger partial charge < -0.3 is 27.0 Å². The van der Waals surface area contributed by atoms with Crippen LogP contribution in [0.2, 0.25) is 0 Å². The van der Waals surface area contributed by atoms with E-state index in [2.05, 4.69) is 9.97 Å². The average Bonchev–Trinajstić information content (AvgIpc) is 2.50. The first-order valence-corrected chi connectivity index (χ1v) is 7.46. The van der Waals surface area contributed by atoms with Gasteiger partial charge in [-0.3, -0.25) is 0 Å². The molecule has 2 heterocycles. The van der Waals surface area contributed by atoms with Crippen LogP contribution in [0.25, 0.3) is 0 Å². The zero-order chi connectivity index (χ0) is 17.9. The highest BCUT2D eigenvalue weighted by molar-refractivity contribution is 5.34. The number of nitrogens with zero attached hydrogens (tertiary/aromatic N) is 2. The van der Waals surface area contributed by atoms with Crippen LogP contribution >= 0.6 is 0 Å². The number of aromatic nitrogens is 2. The number of rotatable bonds is 5. The number of hydrogen-bond donors (Lipinski definition) is 4. The Bertz CT molecular complexity index is 634. The fraction of sp³-hybridized carbons (Fsp3) is 0.294. The van der Waals surface area contributed by atoms with Crippen LogP contribution in [-0.2, 0) is 18.0 Å². The van der Waals surface area contributed by atoms with Gasteiger partial charge in [-0.2, -0.15) is 0 Å². The molecule has 2 rings (SSSR count). The van der Waals surface area contributed by atoms with Gasteiger partial charge in [0.2, 0.25) is 0 Å². The Balaban J connectivity index is 0.000000254. The van der Waals surface area contributed by atoms with E-state index in [0.717, 1.165) is 16.8 Å². The topological polar surface area (TPSA) is 133 Å². The molecule has 2 aromatic heterocycles. The molecule has 0 bridgehead atoms. The molecule has 2 aromatic rings. The third-order valence-corrected chi connectivity index (χ3v) is 2.85. The van der Waals surface area contributed by atoms with Crippen molar-refractivity contribution in [2.45, 2.75) is 27.1 Å². The summed E-state index contributed by atoms with van der Waals surface area (Å²) >= 11 is 0. The van der Waals surface area contributed by atoms with Crippen molar-refractivity contribution in [3.63, 3.8) is 0 Å². The number of nitrogen functional groups attached to an aromatic ring is 2. The molecule has 0 saturated carbocycles. The molecule has 0 aromatic carbocycles. The lowest BCUT2D eigenvalue weighted by molar-refractivity contribution is 0.145. The largest absolute Gasteiger partial charge is 0.405 e. The summed E-state index contributed by atoms with van der Waals surface area (Å²) in [6.45, 7) is 4.78. The molecule has 0 aliphatic carbocycles. The van der Waals surface area contributed by atoms with Gasteiger partial charge in [-0.25, -0.2) is 9.97 Å². The highest BCUT2D eigenvalue weighted by Gasteiger charge is 1.97. The Labute approximate surface area is 142 Å². The van der Waals surface area contributed by atoms with E-state index in [-0.39, 0.29) is 6.61 Å². The van der Waals surface area contributed by atoms with E-state index in [1.54, 1.807) is 18.2 Å². The molecule has 0 radical (unpaired) electrons. The van der Waals surface area contributed by atoms with Crippen molar-refractivity contribution < 1.29 is 9.84 Å². The molecule has 0 aliphatic rings. The van der Waals surface area contributed by atoms with Gasteiger partial charge in [0.25, 0.3) is 0 Å². The summed E-state index contributed by atoms with van der Waals surface area (Å²) in [4.78, 5) is 8.01. The maximum Gasteiger partial charge on any atom is 0.123 e. The normalized spacial score (nSPS) is 10.5. The van der Waals surface area contributed by atoms with Crippen molar-refractivity contribution in [1.82, 2.24) is 9.97 Å². The fourth-order valence-corrected chi connectivity index (χ4v) is 1.98. The van der Waals surface area contributed by atoms with Gasteiger partial charge in [-0.1, -0.05) is 0 Å². The monoisotopic (exact) mass is 331 g/mol. The van der Waals surface area contributed by atoms with E-state index in [0.29, 0.717) is 30.5 Å². The fourth-order valence-electron chi connectivity index (χ4n) is 1.98. The van der Waals surface area contributed by atoms with Crippen molar-refractivity contribution in [3.8, 4) is 0 Å². The maximum atomic E-state index is 8.67. The molecule has 7 nitrogen and oxygen atoms in total. The molecule has 0 fully saturated rings. The smallest absolute Gasteiger partial charge is 0.123 e. The first-order chi connectivity index (χ1) is 11.4. The third kappa shape index (κ3) is 7.57. The average molecular weight is 331 g/mol. The van der Waals surface area contributed by atoms with E-state index in [1.807, 2.05) is 26.0 Å². The summed E-state index contributed by atoms with van der Waals surface area (Å²) in [6.07, 6.45) is 3.19. The van der Waals surface area contributed by atoms with Crippen LogP contribution in [0.3, 0.4) is 0 Å². The van der Waals surface area contributed by atoms with Crippen molar-refractivity contribution >= 4 is 11.6 Å². The quantitative estimate of drug-likeness (QED) is 0.609. The summed E-state index contributed by atoms with van der Waals surface area (Å²) in [5.41, 5.74) is 19.7. The predicted octanol–water partition coefficient (Wildman–Crippen LogP) is 1.43. The first kappa shape index (κ1) is 19.4. The lowest BCUT2D eigenvalue weighted by Gasteiger charge is -2.03. The van der Waals surface area contributed by atoms with Gasteiger partial charge in [-0.15, -0.1) is 0 Å². The molecule has 7 N–H and O–H groups in total. The van der Waals surface area contributed by atoms with Crippen molar-refractivity contribution in [2.75, 3.05) is 18.1 Å². The van der Waals surface area contributed by atoms with Crippen LogP contribution in [0.15, 0.2) is 36.5 Å². The van der Waals surface area contributed by atoms with E-state index >= 15 is 0 Å². The van der Waals surface area contributed by atoms with Gasteiger partial charge in [0.05, 0.1) is 31.2 Å². The summed E-state index contributed by atoms with van der Waals surface area (Å²) in [5, 5.41) is 8.67. The molecule has 24 heavy (non-hydrogen) atoms. The minimum atomic E-state index is -0.0497. The second-order valence-electron chi connectivity index (χ2n) is 5.22. The lowest BCUT2D eigenvalue weighted by Crippen LogP contribution is -2.00. The van der Waals surface area contributed by atoms with Gasteiger partial charge in [0, 0.05) is 0 Å². The Kier molecular flexibility index (Phi) is 8.24. The Morgan fingerprint density at radius 1 is 1.00 bits per heavy atom. The molecule has 0 atom stereocenters. The second kappa shape index (κ2) is 10.2. The second-order valence-corrected chi connectivity index (χ2v) is 5.22. The van der Waals surface area contributed by atoms with Crippen LogP contribution in [0, 0.1) is 13.8 Å². The zero-order valence-corrected chi connectivity index (χ0v) is 14.1. The molecule has 0 aliphatic heterocycles. The molecule has 0 amide bonds.